The van der Waals surface area contributed by atoms with E-state index >= 15 is 0 Å². The Labute approximate surface area is 163 Å². The Balaban J connectivity index is 1.90. The fourth-order valence-electron chi connectivity index (χ4n) is 6.31. The first kappa shape index (κ1) is 20.2. The molecule has 0 spiro atoms. The zero-order valence-corrected chi connectivity index (χ0v) is 17.3. The number of allylic oxidation sites excluding steroid dienone is 3. The standard InChI is InChI=1S/C23H35NO3/c1-6-21(3)13-10-17-16(14-21)8-9-18-22(17,4)11-7-12-23(18,5)20(27)24-15(2)19(25)26/h6,10,15-16,18H,1,7-9,11-14H2,2-5H3,(H,24,27)(H,25,26)/t15-,16?,18?,21-,22-,23+/m0/s1. The molecule has 2 fully saturated rings. The molecular formula is C23H35NO3. The summed E-state index contributed by atoms with van der Waals surface area (Å²) in [6.07, 6.45) is 11.9. The van der Waals surface area contributed by atoms with Gasteiger partial charge in [-0.3, -0.25) is 9.59 Å². The molecule has 150 valence electrons. The van der Waals surface area contributed by atoms with E-state index in [-0.39, 0.29) is 22.7 Å². The van der Waals surface area contributed by atoms with Crippen molar-refractivity contribution < 1.29 is 14.7 Å². The first-order valence-electron chi connectivity index (χ1n) is 10.4. The Kier molecular flexibility index (Phi) is 5.07. The Bertz CT molecular complexity index is 683. The normalized spacial score (nSPS) is 42.1. The Morgan fingerprint density at radius 1 is 1.30 bits per heavy atom. The summed E-state index contributed by atoms with van der Waals surface area (Å²) in [5, 5.41) is 12.0. The van der Waals surface area contributed by atoms with Crippen LogP contribution in [0.15, 0.2) is 24.3 Å². The number of hydrogen-bond acceptors (Lipinski definition) is 2. The van der Waals surface area contributed by atoms with Crippen LogP contribution in [0.5, 0.6) is 0 Å². The van der Waals surface area contributed by atoms with Crippen molar-refractivity contribution in [3.05, 3.63) is 24.3 Å². The predicted molar refractivity (Wildman–Crippen MR) is 107 cm³/mol. The van der Waals surface area contributed by atoms with E-state index in [4.69, 9.17) is 0 Å². The maximum Gasteiger partial charge on any atom is 0.325 e. The van der Waals surface area contributed by atoms with Crippen LogP contribution >= 0.6 is 0 Å². The number of rotatable bonds is 4. The molecule has 4 nitrogen and oxygen atoms in total. The molecule has 0 heterocycles. The summed E-state index contributed by atoms with van der Waals surface area (Å²) in [6, 6.07) is -0.846. The van der Waals surface area contributed by atoms with Gasteiger partial charge in [-0.15, -0.1) is 6.58 Å². The molecule has 0 bridgehead atoms. The maximum absolute atomic E-state index is 13.1. The fraction of sp³-hybridized carbons (Fsp3) is 0.739. The number of carboxylic acids is 1. The predicted octanol–water partition coefficient (Wildman–Crippen LogP) is 4.71. The van der Waals surface area contributed by atoms with E-state index in [9.17, 15) is 14.7 Å². The molecule has 0 aliphatic heterocycles. The molecule has 2 unspecified atom stereocenters. The quantitative estimate of drug-likeness (QED) is 0.701. The molecule has 4 heteroatoms. The summed E-state index contributed by atoms with van der Waals surface area (Å²) in [7, 11) is 0. The summed E-state index contributed by atoms with van der Waals surface area (Å²) >= 11 is 0. The number of carboxylic acid groups (broad SMARTS) is 1. The van der Waals surface area contributed by atoms with Gasteiger partial charge in [-0.1, -0.05) is 44.9 Å². The second-order valence-corrected chi connectivity index (χ2v) is 9.97. The minimum atomic E-state index is -0.979. The van der Waals surface area contributed by atoms with Crippen LogP contribution in [0.4, 0.5) is 0 Å². The Morgan fingerprint density at radius 3 is 2.63 bits per heavy atom. The van der Waals surface area contributed by atoms with Crippen LogP contribution in [0.25, 0.3) is 0 Å². The van der Waals surface area contributed by atoms with Crippen molar-refractivity contribution in [1.29, 1.82) is 0 Å². The molecule has 0 aromatic carbocycles. The van der Waals surface area contributed by atoms with Crippen molar-refractivity contribution in [2.45, 2.75) is 78.7 Å². The van der Waals surface area contributed by atoms with E-state index in [1.165, 1.54) is 0 Å². The third-order valence-corrected chi connectivity index (χ3v) is 8.06. The number of fused-ring (bicyclic) bond motifs is 3. The Morgan fingerprint density at radius 2 is 2.00 bits per heavy atom. The number of aliphatic carboxylic acids is 1. The van der Waals surface area contributed by atoms with Gasteiger partial charge in [0, 0.05) is 0 Å². The van der Waals surface area contributed by atoms with Crippen LogP contribution in [-0.4, -0.2) is 23.0 Å². The van der Waals surface area contributed by atoms with Gasteiger partial charge < -0.3 is 10.4 Å². The van der Waals surface area contributed by atoms with E-state index < -0.39 is 17.4 Å². The second-order valence-electron chi connectivity index (χ2n) is 9.97. The molecule has 0 radical (unpaired) electrons. The molecule has 27 heavy (non-hydrogen) atoms. The van der Waals surface area contributed by atoms with Gasteiger partial charge in [0.1, 0.15) is 6.04 Å². The SMILES string of the molecule is C=C[C@@]1(C)CC=C2C(CCC3[C@](C)(C(=O)N[C@@H](C)C(=O)O)CCC[C@@]23C)C1. The highest BCUT2D eigenvalue weighted by Crippen LogP contribution is 2.63. The van der Waals surface area contributed by atoms with Gasteiger partial charge in [0.05, 0.1) is 5.41 Å². The number of amides is 1. The highest BCUT2D eigenvalue weighted by atomic mass is 16.4. The minimum Gasteiger partial charge on any atom is -0.480 e. The average Bonchev–Trinajstić information content (AvgIpc) is 2.61. The molecule has 0 saturated heterocycles. The molecule has 2 saturated carbocycles. The van der Waals surface area contributed by atoms with Gasteiger partial charge in [-0.2, -0.15) is 0 Å². The van der Waals surface area contributed by atoms with Crippen molar-refractivity contribution in [3.63, 3.8) is 0 Å². The average molecular weight is 374 g/mol. The summed E-state index contributed by atoms with van der Waals surface area (Å²) in [6.45, 7) is 12.3. The van der Waals surface area contributed by atoms with Gasteiger partial charge in [-0.25, -0.2) is 0 Å². The van der Waals surface area contributed by atoms with Crippen molar-refractivity contribution in [1.82, 2.24) is 5.32 Å². The first-order chi connectivity index (χ1) is 12.6. The van der Waals surface area contributed by atoms with Crippen LogP contribution in [0.2, 0.25) is 0 Å². The lowest BCUT2D eigenvalue weighted by Crippen LogP contribution is -2.57. The summed E-state index contributed by atoms with van der Waals surface area (Å²) in [5.74, 6) is -0.200. The molecular weight excluding hydrogens is 338 g/mol. The van der Waals surface area contributed by atoms with Gasteiger partial charge in [0.2, 0.25) is 5.91 Å². The molecule has 3 aliphatic rings. The van der Waals surface area contributed by atoms with Crippen molar-refractivity contribution >= 4 is 11.9 Å². The third-order valence-electron chi connectivity index (χ3n) is 8.06. The van der Waals surface area contributed by atoms with Crippen LogP contribution < -0.4 is 5.32 Å². The first-order valence-corrected chi connectivity index (χ1v) is 10.4. The lowest BCUT2D eigenvalue weighted by atomic mass is 9.46. The molecule has 0 aromatic heterocycles. The van der Waals surface area contributed by atoms with Gasteiger partial charge in [-0.05, 0) is 68.1 Å². The van der Waals surface area contributed by atoms with Crippen LogP contribution in [0.3, 0.4) is 0 Å². The van der Waals surface area contributed by atoms with Crippen molar-refractivity contribution in [3.8, 4) is 0 Å². The van der Waals surface area contributed by atoms with Gasteiger partial charge in [0.15, 0.2) is 0 Å². The third kappa shape index (κ3) is 3.25. The molecule has 3 aliphatic carbocycles. The number of hydrogen-bond donors (Lipinski definition) is 2. The molecule has 3 rings (SSSR count). The number of carbonyl (C=O) groups excluding carboxylic acids is 1. The Hall–Kier alpha value is -1.58. The summed E-state index contributed by atoms with van der Waals surface area (Å²) < 4.78 is 0. The van der Waals surface area contributed by atoms with E-state index in [1.54, 1.807) is 12.5 Å². The molecule has 0 aromatic rings. The largest absolute Gasteiger partial charge is 0.480 e. The van der Waals surface area contributed by atoms with E-state index in [2.05, 4.69) is 44.8 Å². The molecule has 6 atom stereocenters. The summed E-state index contributed by atoms with van der Waals surface area (Å²) in [4.78, 5) is 24.3. The smallest absolute Gasteiger partial charge is 0.325 e. The van der Waals surface area contributed by atoms with Gasteiger partial charge in [0.25, 0.3) is 0 Å². The maximum atomic E-state index is 13.1. The van der Waals surface area contributed by atoms with E-state index in [0.717, 1.165) is 44.9 Å². The second kappa shape index (κ2) is 6.79. The number of carbonyl (C=O) groups is 2. The zero-order chi connectivity index (χ0) is 20.0. The zero-order valence-electron chi connectivity index (χ0n) is 17.3. The lowest BCUT2D eigenvalue weighted by Gasteiger charge is -2.58. The fourth-order valence-corrected chi connectivity index (χ4v) is 6.31. The molecule has 1 amide bonds. The van der Waals surface area contributed by atoms with Crippen molar-refractivity contribution in [2.24, 2.45) is 28.1 Å². The van der Waals surface area contributed by atoms with Crippen LogP contribution in [0.1, 0.15) is 72.6 Å². The van der Waals surface area contributed by atoms with E-state index in [1.807, 2.05) is 0 Å². The van der Waals surface area contributed by atoms with E-state index in [0.29, 0.717) is 5.92 Å². The lowest BCUT2D eigenvalue weighted by molar-refractivity contribution is -0.148. The van der Waals surface area contributed by atoms with Gasteiger partial charge >= 0.3 is 5.97 Å². The topological polar surface area (TPSA) is 66.4 Å². The highest BCUT2D eigenvalue weighted by molar-refractivity contribution is 5.87. The highest BCUT2D eigenvalue weighted by Gasteiger charge is 2.57. The van der Waals surface area contributed by atoms with Crippen LogP contribution in [0, 0.1) is 28.1 Å². The monoisotopic (exact) mass is 373 g/mol. The number of nitrogens with one attached hydrogen (secondary N) is 1. The minimum absolute atomic E-state index is 0.0439. The van der Waals surface area contributed by atoms with Crippen LogP contribution in [-0.2, 0) is 9.59 Å². The summed E-state index contributed by atoms with van der Waals surface area (Å²) in [5.41, 5.74) is 1.29. The molecule has 2 N–H and O–H groups in total. The van der Waals surface area contributed by atoms with Crippen molar-refractivity contribution in [2.75, 3.05) is 0 Å².